The Morgan fingerprint density at radius 3 is 2.66 bits per heavy atom. The number of hydrogen-bond acceptors (Lipinski definition) is 3. The fourth-order valence-electron chi connectivity index (χ4n) is 4.25. The number of halogens is 4. The normalized spacial score (nSPS) is 21.1. The second kappa shape index (κ2) is 6.07. The van der Waals surface area contributed by atoms with E-state index in [0.717, 1.165) is 23.4 Å². The third-order valence-corrected chi connectivity index (χ3v) is 7.66. The number of alkyl halides is 3. The summed E-state index contributed by atoms with van der Waals surface area (Å²) in [5.74, 6) is 0. The molecule has 0 unspecified atom stereocenters. The topological polar surface area (TPSA) is 66.1 Å². The molecule has 1 aromatic heterocycles. The Labute approximate surface area is 169 Å². The minimum Gasteiger partial charge on any atom is -0.282 e. The molecule has 29 heavy (non-hydrogen) atoms. The van der Waals surface area contributed by atoms with Gasteiger partial charge in [0.1, 0.15) is 0 Å². The van der Waals surface area contributed by atoms with Crippen molar-refractivity contribution in [2.75, 3.05) is 0 Å². The predicted molar refractivity (Wildman–Crippen MR) is 98.8 cm³/mol. The van der Waals surface area contributed by atoms with Crippen LogP contribution >= 0.6 is 11.6 Å². The molecule has 0 spiro atoms. The van der Waals surface area contributed by atoms with Crippen LogP contribution < -0.4 is 0 Å². The van der Waals surface area contributed by atoms with Crippen molar-refractivity contribution in [3.05, 3.63) is 81.6 Å². The minimum atomic E-state index is -4.64. The summed E-state index contributed by atoms with van der Waals surface area (Å²) in [6, 6.07) is 7.70. The number of H-pyrrole nitrogens is 1. The van der Waals surface area contributed by atoms with Crippen LogP contribution in [0.2, 0.25) is 5.02 Å². The molecule has 5 rings (SSSR count). The maximum absolute atomic E-state index is 13.5. The van der Waals surface area contributed by atoms with Crippen molar-refractivity contribution in [1.82, 2.24) is 14.5 Å². The monoisotopic (exact) mass is 439 g/mol. The van der Waals surface area contributed by atoms with Gasteiger partial charge < -0.3 is 0 Å². The second-order valence-corrected chi connectivity index (χ2v) is 9.28. The maximum atomic E-state index is 13.5. The zero-order valence-corrected chi connectivity index (χ0v) is 16.2. The Kier molecular flexibility index (Phi) is 3.90. The Hall–Kier alpha value is -2.36. The van der Waals surface area contributed by atoms with Crippen LogP contribution in [0.1, 0.15) is 40.0 Å². The number of fused-ring (bicyclic) bond motifs is 7. The Morgan fingerprint density at radius 1 is 1.14 bits per heavy atom. The molecule has 0 amide bonds. The van der Waals surface area contributed by atoms with Gasteiger partial charge in [-0.25, -0.2) is 8.42 Å². The largest absolute Gasteiger partial charge is 0.416 e. The first kappa shape index (κ1) is 18.7. The molecule has 2 aliphatic heterocycles. The van der Waals surface area contributed by atoms with Crippen LogP contribution in [0.5, 0.6) is 0 Å². The molecule has 10 heteroatoms. The smallest absolute Gasteiger partial charge is 0.282 e. The first-order chi connectivity index (χ1) is 13.7. The number of benzene rings is 2. The highest BCUT2D eigenvalue weighted by Gasteiger charge is 2.51. The van der Waals surface area contributed by atoms with Crippen molar-refractivity contribution in [1.29, 1.82) is 0 Å². The van der Waals surface area contributed by atoms with Gasteiger partial charge >= 0.3 is 6.18 Å². The van der Waals surface area contributed by atoms with E-state index >= 15 is 0 Å². The van der Waals surface area contributed by atoms with Crippen molar-refractivity contribution < 1.29 is 21.6 Å². The van der Waals surface area contributed by atoms with Gasteiger partial charge in [-0.2, -0.15) is 22.6 Å². The van der Waals surface area contributed by atoms with Crippen LogP contribution in [0, 0.1) is 0 Å². The van der Waals surface area contributed by atoms with E-state index in [1.54, 1.807) is 24.4 Å². The number of hydrogen-bond donors (Lipinski definition) is 1. The third-order valence-electron chi connectivity index (χ3n) is 5.46. The van der Waals surface area contributed by atoms with Crippen molar-refractivity contribution in [3.63, 3.8) is 0 Å². The highest BCUT2D eigenvalue weighted by Crippen LogP contribution is 2.55. The molecule has 0 saturated carbocycles. The van der Waals surface area contributed by atoms with E-state index in [9.17, 15) is 21.6 Å². The summed E-state index contributed by atoms with van der Waals surface area (Å²) >= 11 is 6.42. The average molecular weight is 440 g/mol. The fourth-order valence-corrected chi connectivity index (χ4v) is 6.32. The zero-order chi connectivity index (χ0) is 20.6. The van der Waals surface area contributed by atoms with Crippen molar-refractivity contribution >= 4 is 21.6 Å². The summed E-state index contributed by atoms with van der Waals surface area (Å²) in [6.45, 7) is 0. The Morgan fingerprint density at radius 2 is 1.90 bits per heavy atom. The summed E-state index contributed by atoms with van der Waals surface area (Å²) in [4.78, 5) is -0.404. The van der Waals surface area contributed by atoms with E-state index in [1.807, 2.05) is 0 Å². The van der Waals surface area contributed by atoms with E-state index in [4.69, 9.17) is 11.6 Å². The number of nitrogens with one attached hydrogen (secondary N) is 1. The van der Waals surface area contributed by atoms with Gasteiger partial charge in [0.2, 0.25) is 10.0 Å². The highest BCUT2D eigenvalue weighted by atomic mass is 35.5. The zero-order valence-electron chi connectivity index (χ0n) is 14.6. The summed E-state index contributed by atoms with van der Waals surface area (Å²) in [6.07, 6.45) is -2.77. The molecule has 0 saturated heterocycles. The molecule has 1 N–H and O–H groups in total. The molecule has 2 bridgehead atoms. The van der Waals surface area contributed by atoms with Gasteiger partial charge in [-0.05, 0) is 35.4 Å². The Balaban J connectivity index is 1.70. The lowest BCUT2D eigenvalue weighted by atomic mass is 10.0. The molecule has 3 aromatic rings. The lowest BCUT2D eigenvalue weighted by Crippen LogP contribution is -2.37. The van der Waals surface area contributed by atoms with Crippen molar-refractivity contribution in [2.24, 2.45) is 0 Å². The van der Waals surface area contributed by atoms with E-state index < -0.39 is 38.7 Å². The van der Waals surface area contributed by atoms with Gasteiger partial charge in [0.15, 0.2) is 0 Å². The van der Waals surface area contributed by atoms with Crippen LogP contribution in [0.4, 0.5) is 13.2 Å². The average Bonchev–Trinajstić information content (AvgIpc) is 3.24. The number of aromatic nitrogens is 2. The van der Waals surface area contributed by atoms with E-state index in [2.05, 4.69) is 10.2 Å². The fraction of sp³-hybridized carbons (Fsp3) is 0.211. The van der Waals surface area contributed by atoms with Crippen LogP contribution in [0.15, 0.2) is 53.6 Å². The van der Waals surface area contributed by atoms with Gasteiger partial charge in [0, 0.05) is 22.7 Å². The van der Waals surface area contributed by atoms with E-state index in [1.165, 1.54) is 10.4 Å². The summed E-state index contributed by atoms with van der Waals surface area (Å²) in [7, 11) is -4.25. The van der Waals surface area contributed by atoms with E-state index in [0.29, 0.717) is 28.6 Å². The van der Waals surface area contributed by atoms with Crippen LogP contribution in [-0.2, 0) is 22.6 Å². The Bertz CT molecular complexity index is 1240. The molecular formula is C19H13ClF3N3O2S. The molecule has 2 aromatic carbocycles. The number of aromatic amines is 1. The molecule has 0 radical (unpaired) electrons. The van der Waals surface area contributed by atoms with Gasteiger partial charge in [0.25, 0.3) is 0 Å². The molecule has 0 aliphatic carbocycles. The highest BCUT2D eigenvalue weighted by molar-refractivity contribution is 7.89. The van der Waals surface area contributed by atoms with Crippen molar-refractivity contribution in [3.8, 4) is 0 Å². The number of sulfonamides is 1. The summed E-state index contributed by atoms with van der Waals surface area (Å²) in [5.41, 5.74) is 1.84. The lowest BCUT2D eigenvalue weighted by Gasteiger charge is -2.33. The molecule has 2 aliphatic rings. The van der Waals surface area contributed by atoms with E-state index in [-0.39, 0.29) is 0 Å². The summed E-state index contributed by atoms with van der Waals surface area (Å²) < 4.78 is 67.8. The van der Waals surface area contributed by atoms with Gasteiger partial charge in [-0.1, -0.05) is 29.8 Å². The first-order valence-corrected chi connectivity index (χ1v) is 10.5. The maximum Gasteiger partial charge on any atom is 0.416 e. The second-order valence-electron chi connectivity index (χ2n) is 7.03. The summed E-state index contributed by atoms with van der Waals surface area (Å²) in [5, 5.41) is 7.32. The SMILES string of the molecule is O=S(=O)(c1cccc(C(F)(F)F)c1)N1[C@H]2c3cn[nH]c3C[C@@H]1c1cccc(Cl)c12. The molecule has 2 atom stereocenters. The molecule has 150 valence electrons. The quantitative estimate of drug-likeness (QED) is 0.640. The third kappa shape index (κ3) is 2.64. The van der Waals surface area contributed by atoms with Gasteiger partial charge in [-0.3, -0.25) is 5.10 Å². The lowest BCUT2D eigenvalue weighted by molar-refractivity contribution is -0.137. The van der Waals surface area contributed by atoms with Crippen LogP contribution in [0.3, 0.4) is 0 Å². The van der Waals surface area contributed by atoms with Gasteiger partial charge in [-0.15, -0.1) is 0 Å². The van der Waals surface area contributed by atoms with Crippen LogP contribution in [-0.4, -0.2) is 22.9 Å². The molecule has 3 heterocycles. The molecular weight excluding hydrogens is 427 g/mol. The number of rotatable bonds is 2. The number of nitrogens with zero attached hydrogens (tertiary/aromatic N) is 2. The molecule has 0 fully saturated rings. The molecule has 5 nitrogen and oxygen atoms in total. The van der Waals surface area contributed by atoms with Gasteiger partial charge in [0.05, 0.1) is 28.7 Å². The minimum absolute atomic E-state index is 0.331. The van der Waals surface area contributed by atoms with Crippen LogP contribution in [0.25, 0.3) is 0 Å². The standard InChI is InChI=1S/C19H13ClF3N3O2S/c20-14-6-2-5-12-16-8-15-13(9-24-25-15)18(17(12)14)26(16)29(27,28)11-4-1-3-10(7-11)19(21,22)23/h1-7,9,16,18H,8H2,(H,24,25)/t16-,18+/m1/s1. The predicted octanol–water partition coefficient (Wildman–Crippen LogP) is 4.47. The van der Waals surface area contributed by atoms with Crippen molar-refractivity contribution in [2.45, 2.75) is 29.6 Å². The first-order valence-electron chi connectivity index (χ1n) is 8.71.